The molecule has 270 valence electrons. The number of hydrogen-bond donors (Lipinski definition) is 0. The molecule has 0 amide bonds. The quantitative estimate of drug-likeness (QED) is 0.139. The lowest BCUT2D eigenvalue weighted by atomic mass is 9.94. The van der Waals surface area contributed by atoms with Crippen LogP contribution < -0.4 is 0 Å². The van der Waals surface area contributed by atoms with Gasteiger partial charge in [-0.15, -0.1) is 0 Å². The number of rotatable bonds is 9. The lowest BCUT2D eigenvalue weighted by molar-refractivity contribution is 0.669. The Labute approximate surface area is 331 Å². The van der Waals surface area contributed by atoms with Crippen molar-refractivity contribution >= 4 is 33.1 Å². The maximum Gasteiger partial charge on any atom is 0.164 e. The Balaban J connectivity index is 1.10. The van der Waals surface area contributed by atoms with E-state index in [0.29, 0.717) is 23.4 Å². The molecule has 6 aromatic carbocycles. The third-order valence-corrected chi connectivity index (χ3v) is 10.7. The summed E-state index contributed by atoms with van der Waals surface area (Å²) in [6, 6.07) is 48.8. The van der Waals surface area contributed by atoms with Gasteiger partial charge in [-0.2, -0.15) is 0 Å². The zero-order valence-electron chi connectivity index (χ0n) is 31.4. The zero-order valence-corrected chi connectivity index (χ0v) is 31.4. The molecule has 1 atom stereocenters. The summed E-state index contributed by atoms with van der Waals surface area (Å²) in [6.45, 7) is 6.10. The highest BCUT2D eigenvalue weighted by Gasteiger charge is 2.28. The average Bonchev–Trinajstić information content (AvgIpc) is 3.99. The summed E-state index contributed by atoms with van der Waals surface area (Å²) < 4.78 is 6.49. The molecule has 2 heterocycles. The molecule has 4 nitrogen and oxygen atoms in total. The molecular formula is C53H37N3O. The minimum atomic E-state index is 0.485. The number of fused-ring (bicyclic) bond motifs is 4. The minimum absolute atomic E-state index is 0.485. The summed E-state index contributed by atoms with van der Waals surface area (Å²) in [4.78, 5) is 15.4. The second kappa shape index (κ2) is 14.3. The molecule has 2 aliphatic rings. The molecule has 2 aliphatic carbocycles. The van der Waals surface area contributed by atoms with Crippen molar-refractivity contribution < 1.29 is 4.42 Å². The number of benzene rings is 6. The zero-order chi connectivity index (χ0) is 38.3. The molecule has 0 saturated carbocycles. The minimum Gasteiger partial charge on any atom is -0.456 e. The lowest BCUT2D eigenvalue weighted by Gasteiger charge is -2.11. The van der Waals surface area contributed by atoms with Gasteiger partial charge in [0.15, 0.2) is 17.5 Å². The van der Waals surface area contributed by atoms with Gasteiger partial charge in [0.05, 0.1) is 0 Å². The SMILES string of the molecule is C=C/C(=C\C=C/C)c1nc(-c2cccc(-c3cccc(-c4ccccc4)c3)c2)nc(-c2cccc3oc4ccc(-c5cccc(C6=CC=C[C@@H]7C=C67)c5)cc4c23)n1. The highest BCUT2D eigenvalue weighted by Crippen LogP contribution is 2.45. The van der Waals surface area contributed by atoms with Crippen molar-refractivity contribution in [2.45, 2.75) is 6.92 Å². The smallest absolute Gasteiger partial charge is 0.164 e. The second-order valence-corrected chi connectivity index (χ2v) is 14.4. The molecule has 0 radical (unpaired) electrons. The molecule has 0 N–H and O–H groups in total. The number of aromatic nitrogens is 3. The summed E-state index contributed by atoms with van der Waals surface area (Å²) in [5, 5.41) is 1.97. The fourth-order valence-electron chi connectivity index (χ4n) is 7.80. The molecular weight excluding hydrogens is 695 g/mol. The first-order valence-corrected chi connectivity index (χ1v) is 19.3. The first-order valence-electron chi connectivity index (χ1n) is 19.3. The van der Waals surface area contributed by atoms with Crippen molar-refractivity contribution in [2.24, 2.45) is 5.92 Å². The van der Waals surface area contributed by atoms with Crippen molar-refractivity contribution in [3.05, 3.63) is 212 Å². The molecule has 4 heteroatoms. The average molecular weight is 732 g/mol. The van der Waals surface area contributed by atoms with Crippen LogP contribution in [0.25, 0.3) is 89.2 Å². The molecule has 0 bridgehead atoms. The van der Waals surface area contributed by atoms with Gasteiger partial charge in [-0.3, -0.25) is 0 Å². The molecule has 8 aromatic rings. The van der Waals surface area contributed by atoms with Crippen LogP contribution in [0.3, 0.4) is 0 Å². The summed E-state index contributed by atoms with van der Waals surface area (Å²) in [5.74, 6) is 2.16. The van der Waals surface area contributed by atoms with E-state index >= 15 is 0 Å². The van der Waals surface area contributed by atoms with Crippen LogP contribution in [0, 0.1) is 5.92 Å². The van der Waals surface area contributed by atoms with E-state index in [1.165, 1.54) is 22.3 Å². The molecule has 57 heavy (non-hydrogen) atoms. The van der Waals surface area contributed by atoms with Crippen LogP contribution in [-0.4, -0.2) is 15.0 Å². The maximum absolute atomic E-state index is 6.49. The van der Waals surface area contributed by atoms with Gasteiger partial charge in [-0.25, -0.2) is 15.0 Å². The standard InChI is InChI=1S/C53H37N3O/c1-3-5-14-34(4-2)51-54-52(43-23-11-20-39(31-43)37-18-9-17-36(29-37)35-15-7-6-8-16-35)56-53(55-51)45-25-13-26-49-50(45)47-32-40(27-28-48(47)57-49)38-19-10-21-41(30-38)44-24-12-22-42-33-46(42)44/h3-33,42H,2H2,1H3/b5-3-,34-14+/t42-/m1/s1. The highest BCUT2D eigenvalue weighted by atomic mass is 16.3. The monoisotopic (exact) mass is 731 g/mol. The Hall–Kier alpha value is -7.43. The fourth-order valence-corrected chi connectivity index (χ4v) is 7.80. The van der Waals surface area contributed by atoms with E-state index in [4.69, 9.17) is 19.4 Å². The van der Waals surface area contributed by atoms with Gasteiger partial charge in [0.25, 0.3) is 0 Å². The molecule has 0 saturated heterocycles. The van der Waals surface area contributed by atoms with E-state index in [1.54, 1.807) is 6.08 Å². The predicted molar refractivity (Wildman–Crippen MR) is 236 cm³/mol. The predicted octanol–water partition coefficient (Wildman–Crippen LogP) is 13.8. The first kappa shape index (κ1) is 34.1. The Kier molecular flexibility index (Phi) is 8.57. The molecule has 0 fully saturated rings. The Morgan fingerprint density at radius 3 is 2.04 bits per heavy atom. The van der Waals surface area contributed by atoms with E-state index in [9.17, 15) is 0 Å². The van der Waals surface area contributed by atoms with E-state index in [1.807, 2.05) is 43.4 Å². The van der Waals surface area contributed by atoms with Gasteiger partial charge in [-0.05, 0) is 93.4 Å². The lowest BCUT2D eigenvalue weighted by Crippen LogP contribution is -2.02. The van der Waals surface area contributed by atoms with Crippen LogP contribution in [0.5, 0.6) is 0 Å². The van der Waals surface area contributed by atoms with Gasteiger partial charge in [0.1, 0.15) is 11.2 Å². The third-order valence-electron chi connectivity index (χ3n) is 10.7. The number of allylic oxidation sites excluding steroid dienone is 11. The van der Waals surface area contributed by atoms with E-state index in [-0.39, 0.29) is 0 Å². The van der Waals surface area contributed by atoms with Crippen LogP contribution in [-0.2, 0) is 0 Å². The highest BCUT2D eigenvalue weighted by molar-refractivity contribution is 6.13. The van der Waals surface area contributed by atoms with Gasteiger partial charge in [-0.1, -0.05) is 158 Å². The van der Waals surface area contributed by atoms with Crippen LogP contribution in [0.4, 0.5) is 0 Å². The maximum atomic E-state index is 6.49. The van der Waals surface area contributed by atoms with Crippen LogP contribution in [0.1, 0.15) is 18.3 Å². The summed E-state index contributed by atoms with van der Waals surface area (Å²) in [5.41, 5.74) is 14.9. The number of nitrogens with zero attached hydrogens (tertiary/aromatic N) is 3. The summed E-state index contributed by atoms with van der Waals surface area (Å²) in [6.07, 6.45) is 16.7. The van der Waals surface area contributed by atoms with Gasteiger partial charge >= 0.3 is 0 Å². The first-order chi connectivity index (χ1) is 28.1. The largest absolute Gasteiger partial charge is 0.456 e. The van der Waals surface area contributed by atoms with Crippen LogP contribution in [0.2, 0.25) is 0 Å². The molecule has 10 rings (SSSR count). The van der Waals surface area contributed by atoms with Crippen molar-refractivity contribution in [1.29, 1.82) is 0 Å². The molecule has 0 unspecified atom stereocenters. The van der Waals surface area contributed by atoms with Crippen LogP contribution in [0.15, 0.2) is 205 Å². The summed E-state index contributed by atoms with van der Waals surface area (Å²) >= 11 is 0. The number of hydrogen-bond acceptors (Lipinski definition) is 4. The van der Waals surface area contributed by atoms with E-state index in [0.717, 1.165) is 66.5 Å². The van der Waals surface area contributed by atoms with Crippen molar-refractivity contribution in [3.8, 4) is 56.2 Å². The van der Waals surface area contributed by atoms with Crippen LogP contribution >= 0.6 is 0 Å². The molecule has 2 aromatic heterocycles. The van der Waals surface area contributed by atoms with Crippen molar-refractivity contribution in [2.75, 3.05) is 0 Å². The Morgan fingerprint density at radius 1 is 0.614 bits per heavy atom. The van der Waals surface area contributed by atoms with E-state index in [2.05, 4.69) is 152 Å². The topological polar surface area (TPSA) is 51.8 Å². The normalized spacial score (nSPS) is 14.8. The van der Waals surface area contributed by atoms with Gasteiger partial charge < -0.3 is 4.42 Å². The van der Waals surface area contributed by atoms with Crippen molar-refractivity contribution in [3.63, 3.8) is 0 Å². The van der Waals surface area contributed by atoms with Gasteiger partial charge in [0, 0.05) is 33.4 Å². The Bertz CT molecular complexity index is 3050. The number of furan rings is 1. The van der Waals surface area contributed by atoms with E-state index < -0.39 is 0 Å². The van der Waals surface area contributed by atoms with Crippen molar-refractivity contribution in [1.82, 2.24) is 15.0 Å². The fraction of sp³-hybridized carbons (Fsp3) is 0.0377. The molecule has 0 aliphatic heterocycles. The second-order valence-electron chi connectivity index (χ2n) is 14.4. The Morgan fingerprint density at radius 2 is 1.26 bits per heavy atom. The summed E-state index contributed by atoms with van der Waals surface area (Å²) in [7, 11) is 0. The van der Waals surface area contributed by atoms with Gasteiger partial charge in [0.2, 0.25) is 0 Å². The third kappa shape index (κ3) is 6.47. The molecule has 0 spiro atoms.